The van der Waals surface area contributed by atoms with Crippen LogP contribution >= 0.6 is 0 Å². The molecule has 5 nitrogen and oxygen atoms in total. The van der Waals surface area contributed by atoms with Crippen LogP contribution < -0.4 is 10.1 Å². The minimum absolute atomic E-state index is 0.200. The van der Waals surface area contributed by atoms with Gasteiger partial charge in [0.2, 0.25) is 0 Å². The second-order valence-electron chi connectivity index (χ2n) is 7.57. The van der Waals surface area contributed by atoms with Gasteiger partial charge in [-0.1, -0.05) is 74.5 Å². The molecule has 0 radical (unpaired) electrons. The first-order valence-electron chi connectivity index (χ1n) is 10.2. The molecule has 0 aromatic heterocycles. The first-order valence-corrected chi connectivity index (χ1v) is 10.2. The smallest absolute Gasteiger partial charge is 0.318 e. The Hall–Kier alpha value is -3.60. The minimum atomic E-state index is -0.926. The molecule has 0 fully saturated rings. The van der Waals surface area contributed by atoms with Crippen LogP contribution in [-0.4, -0.2) is 25.1 Å². The molecule has 0 unspecified atom stereocenters. The van der Waals surface area contributed by atoms with E-state index in [1.807, 2.05) is 74.5 Å². The molecule has 31 heavy (non-hydrogen) atoms. The van der Waals surface area contributed by atoms with Crippen LogP contribution in [0.15, 0.2) is 84.9 Å². The fraction of sp³-hybridized carbons (Fsp3) is 0.231. The van der Waals surface area contributed by atoms with Crippen molar-refractivity contribution in [1.82, 2.24) is 0 Å². The van der Waals surface area contributed by atoms with Crippen molar-refractivity contribution in [3.63, 3.8) is 0 Å². The van der Waals surface area contributed by atoms with Crippen molar-refractivity contribution in [1.29, 1.82) is 0 Å². The molecule has 0 saturated heterocycles. The summed E-state index contributed by atoms with van der Waals surface area (Å²) in [6.07, 6.45) is -0.926. The van der Waals surface area contributed by atoms with E-state index in [0.29, 0.717) is 11.4 Å². The standard InChI is InChI=1S/C26H27NO4/c1-18(2)24(25(28)27-21-14-16-22(30-3)17-15-21)31-26(29)23(19-10-6-4-7-11-19)20-12-8-5-9-13-20/h4-18,23-24H,1-3H3,(H,27,28)/t24-/m1/s1. The minimum Gasteiger partial charge on any atom is -0.497 e. The molecule has 1 atom stereocenters. The summed E-state index contributed by atoms with van der Waals surface area (Å²) in [5, 5.41) is 2.83. The number of hydrogen-bond acceptors (Lipinski definition) is 4. The van der Waals surface area contributed by atoms with Crippen molar-refractivity contribution in [2.24, 2.45) is 5.92 Å². The third-order valence-corrected chi connectivity index (χ3v) is 4.97. The van der Waals surface area contributed by atoms with Crippen LogP contribution in [0.4, 0.5) is 5.69 Å². The zero-order valence-corrected chi connectivity index (χ0v) is 17.9. The Balaban J connectivity index is 1.81. The van der Waals surface area contributed by atoms with Gasteiger partial charge in [-0.3, -0.25) is 9.59 Å². The van der Waals surface area contributed by atoms with Crippen molar-refractivity contribution in [2.75, 3.05) is 12.4 Å². The van der Waals surface area contributed by atoms with E-state index < -0.39 is 18.0 Å². The van der Waals surface area contributed by atoms with Crippen molar-refractivity contribution >= 4 is 17.6 Å². The van der Waals surface area contributed by atoms with E-state index in [2.05, 4.69) is 5.32 Å². The van der Waals surface area contributed by atoms with E-state index in [-0.39, 0.29) is 11.8 Å². The number of esters is 1. The highest BCUT2D eigenvalue weighted by atomic mass is 16.5. The lowest BCUT2D eigenvalue weighted by atomic mass is 9.91. The fourth-order valence-electron chi connectivity index (χ4n) is 3.33. The molecule has 0 heterocycles. The summed E-state index contributed by atoms with van der Waals surface area (Å²) in [6, 6.07) is 25.9. The summed E-state index contributed by atoms with van der Waals surface area (Å²) >= 11 is 0. The third kappa shape index (κ3) is 5.72. The highest BCUT2D eigenvalue weighted by Crippen LogP contribution is 2.27. The van der Waals surface area contributed by atoms with Gasteiger partial charge in [0.05, 0.1) is 7.11 Å². The van der Waals surface area contributed by atoms with Gasteiger partial charge in [0.25, 0.3) is 5.91 Å². The van der Waals surface area contributed by atoms with Crippen LogP contribution in [0.2, 0.25) is 0 Å². The number of benzene rings is 3. The van der Waals surface area contributed by atoms with E-state index in [0.717, 1.165) is 11.1 Å². The monoisotopic (exact) mass is 417 g/mol. The molecule has 0 aliphatic heterocycles. The van der Waals surface area contributed by atoms with Gasteiger partial charge in [0, 0.05) is 5.69 Å². The third-order valence-electron chi connectivity index (χ3n) is 4.97. The molecule has 5 heteroatoms. The van der Waals surface area contributed by atoms with E-state index in [1.54, 1.807) is 31.4 Å². The molecule has 0 aliphatic carbocycles. The zero-order valence-electron chi connectivity index (χ0n) is 17.9. The summed E-state index contributed by atoms with van der Waals surface area (Å²) in [5.74, 6) is -0.945. The van der Waals surface area contributed by atoms with E-state index in [9.17, 15) is 9.59 Å². The van der Waals surface area contributed by atoms with Crippen molar-refractivity contribution < 1.29 is 19.1 Å². The lowest BCUT2D eigenvalue weighted by molar-refractivity contribution is -0.157. The van der Waals surface area contributed by atoms with E-state index >= 15 is 0 Å². The largest absolute Gasteiger partial charge is 0.497 e. The van der Waals surface area contributed by atoms with E-state index in [1.165, 1.54) is 0 Å². The number of hydrogen-bond donors (Lipinski definition) is 1. The molecule has 3 aromatic carbocycles. The Morgan fingerprint density at radius 1 is 0.774 bits per heavy atom. The lowest BCUT2D eigenvalue weighted by Crippen LogP contribution is -2.38. The molecule has 0 bridgehead atoms. The Morgan fingerprint density at radius 2 is 1.29 bits per heavy atom. The number of anilines is 1. The maximum absolute atomic E-state index is 13.3. The molecule has 0 spiro atoms. The Kier molecular flexibility index (Phi) is 7.44. The van der Waals surface area contributed by atoms with Crippen LogP contribution in [0.1, 0.15) is 30.9 Å². The van der Waals surface area contributed by atoms with Gasteiger partial charge in [-0.2, -0.15) is 0 Å². The first kappa shape index (κ1) is 22.1. The second-order valence-corrected chi connectivity index (χ2v) is 7.57. The van der Waals surface area contributed by atoms with Gasteiger partial charge in [-0.25, -0.2) is 0 Å². The molecule has 160 valence electrons. The summed E-state index contributed by atoms with van der Waals surface area (Å²) in [6.45, 7) is 3.71. The maximum atomic E-state index is 13.3. The number of rotatable bonds is 8. The predicted molar refractivity (Wildman–Crippen MR) is 121 cm³/mol. The van der Waals surface area contributed by atoms with Gasteiger partial charge >= 0.3 is 5.97 Å². The molecule has 1 N–H and O–H groups in total. The van der Waals surface area contributed by atoms with Crippen molar-refractivity contribution in [3.05, 3.63) is 96.1 Å². The van der Waals surface area contributed by atoms with Crippen molar-refractivity contribution in [3.8, 4) is 5.75 Å². The van der Waals surface area contributed by atoms with E-state index in [4.69, 9.17) is 9.47 Å². The molecule has 1 amide bonds. The van der Waals surface area contributed by atoms with Crippen LogP contribution in [0.25, 0.3) is 0 Å². The lowest BCUT2D eigenvalue weighted by Gasteiger charge is -2.24. The summed E-state index contributed by atoms with van der Waals surface area (Å²) in [5.41, 5.74) is 2.24. The quantitative estimate of drug-likeness (QED) is 0.522. The average molecular weight is 418 g/mol. The zero-order chi connectivity index (χ0) is 22.2. The van der Waals surface area contributed by atoms with Gasteiger partial charge in [0.15, 0.2) is 6.10 Å². The molecular weight excluding hydrogens is 390 g/mol. The SMILES string of the molecule is COc1ccc(NC(=O)[C@H](OC(=O)C(c2ccccc2)c2ccccc2)C(C)C)cc1. The van der Waals surface area contributed by atoms with Gasteiger partial charge in [0.1, 0.15) is 11.7 Å². The Morgan fingerprint density at radius 3 is 1.74 bits per heavy atom. The molecule has 3 rings (SSSR count). The number of methoxy groups -OCH3 is 1. The summed E-state index contributed by atoms with van der Waals surface area (Å²) in [7, 11) is 1.58. The number of amides is 1. The fourth-order valence-corrected chi connectivity index (χ4v) is 3.33. The number of carbonyl (C=O) groups is 2. The molecular formula is C26H27NO4. The van der Waals surface area contributed by atoms with Gasteiger partial charge in [-0.05, 0) is 41.3 Å². The predicted octanol–water partition coefficient (Wildman–Crippen LogP) is 5.03. The van der Waals surface area contributed by atoms with Crippen molar-refractivity contribution in [2.45, 2.75) is 25.9 Å². The first-order chi connectivity index (χ1) is 15.0. The van der Waals surface area contributed by atoms with Gasteiger partial charge < -0.3 is 14.8 Å². The average Bonchev–Trinajstić information content (AvgIpc) is 2.79. The summed E-state index contributed by atoms with van der Waals surface area (Å²) < 4.78 is 10.9. The second kappa shape index (κ2) is 10.4. The maximum Gasteiger partial charge on any atom is 0.318 e. The molecule has 0 saturated carbocycles. The highest BCUT2D eigenvalue weighted by molar-refractivity contribution is 5.96. The normalized spacial score (nSPS) is 11.8. The van der Waals surface area contributed by atoms with Gasteiger partial charge in [-0.15, -0.1) is 0 Å². The highest BCUT2D eigenvalue weighted by Gasteiger charge is 2.31. The number of carbonyl (C=O) groups excluding carboxylic acids is 2. The number of ether oxygens (including phenoxy) is 2. The Bertz CT molecular complexity index is 945. The van der Waals surface area contributed by atoms with Crippen LogP contribution in [0.5, 0.6) is 5.75 Å². The van der Waals surface area contributed by atoms with Crippen LogP contribution in [-0.2, 0) is 14.3 Å². The molecule has 0 aliphatic rings. The topological polar surface area (TPSA) is 64.6 Å². The Labute approximate surface area is 183 Å². The molecule has 3 aromatic rings. The van der Waals surface area contributed by atoms with Crippen LogP contribution in [0.3, 0.4) is 0 Å². The van der Waals surface area contributed by atoms with Crippen LogP contribution in [0, 0.1) is 5.92 Å². The summed E-state index contributed by atoms with van der Waals surface area (Å²) in [4.78, 5) is 26.2. The number of nitrogens with one attached hydrogen (secondary N) is 1.